The van der Waals surface area contributed by atoms with E-state index in [-0.39, 0.29) is 24.1 Å². The minimum atomic E-state index is -0.696. The van der Waals surface area contributed by atoms with Crippen molar-refractivity contribution in [1.82, 2.24) is 39.5 Å². The van der Waals surface area contributed by atoms with Gasteiger partial charge in [-0.3, -0.25) is 28.9 Å². The number of piperidine rings is 1. The lowest BCUT2D eigenvalue weighted by Crippen LogP contribution is -2.44. The van der Waals surface area contributed by atoms with Crippen molar-refractivity contribution >= 4 is 45.1 Å². The number of imide groups is 1. The molecule has 18 nitrogen and oxygen atoms in total. The molecule has 5 aromatic rings. The van der Waals surface area contributed by atoms with E-state index >= 15 is 0 Å². The van der Waals surface area contributed by atoms with Crippen molar-refractivity contribution in [3.05, 3.63) is 68.4 Å². The number of hydrogen-bond donors (Lipinski definition) is 2. The van der Waals surface area contributed by atoms with E-state index in [0.717, 1.165) is 86.2 Å². The number of aryl methyl sites for hydroxylation is 3. The first-order valence-electron chi connectivity index (χ1n) is 21.8. The van der Waals surface area contributed by atoms with Crippen LogP contribution in [0, 0.1) is 11.3 Å². The number of nitriles is 1. The molecule has 334 valence electrons. The molecule has 3 N–H and O–H groups in total. The van der Waals surface area contributed by atoms with E-state index < -0.39 is 17.4 Å². The predicted octanol–water partition coefficient (Wildman–Crippen LogP) is 3.90. The summed E-state index contributed by atoms with van der Waals surface area (Å²) in [4.78, 5) is 57.2. The van der Waals surface area contributed by atoms with Gasteiger partial charge in [-0.05, 0) is 89.1 Å². The van der Waals surface area contributed by atoms with Crippen molar-refractivity contribution in [2.75, 3.05) is 76.5 Å². The van der Waals surface area contributed by atoms with Crippen molar-refractivity contribution in [3.8, 4) is 17.6 Å². The minimum absolute atomic E-state index is 0.165. The van der Waals surface area contributed by atoms with Gasteiger partial charge in [-0.25, -0.2) is 14.8 Å². The number of ether oxygens (including phenoxy) is 3. The second-order valence-corrected chi connectivity index (χ2v) is 17.9. The van der Waals surface area contributed by atoms with Gasteiger partial charge in [0.2, 0.25) is 29.5 Å². The van der Waals surface area contributed by atoms with Gasteiger partial charge in [-0.2, -0.15) is 10.2 Å². The van der Waals surface area contributed by atoms with Crippen molar-refractivity contribution in [3.63, 3.8) is 0 Å². The number of anilines is 2. The minimum Gasteiger partial charge on any atom is -0.389 e. The first kappa shape index (κ1) is 44.1. The molecular weight excluding hydrogens is 827 g/mol. The Morgan fingerprint density at radius 3 is 2.60 bits per heavy atom. The Kier molecular flexibility index (Phi) is 13.6. The fraction of sp³-hybridized carbons (Fsp3) is 0.545. The molecule has 0 bridgehead atoms. The number of fused-ring (bicyclic) bond motifs is 2. The largest absolute Gasteiger partial charge is 0.389 e. The summed E-state index contributed by atoms with van der Waals surface area (Å²) < 4.78 is 26.4. The van der Waals surface area contributed by atoms with Crippen LogP contribution in [0.1, 0.15) is 85.9 Å². The zero-order valence-corrected chi connectivity index (χ0v) is 37.0. The average molecular weight is 882 g/mol. The maximum atomic E-state index is 13.0. The molecular formula is C44H55N11O7S. The first-order valence-corrected chi connectivity index (χ1v) is 22.6. The van der Waals surface area contributed by atoms with Gasteiger partial charge in [0.25, 0.3) is 0 Å². The third-order valence-electron chi connectivity index (χ3n) is 12.4. The third kappa shape index (κ3) is 9.41. The number of amides is 2. The fourth-order valence-corrected chi connectivity index (χ4v) is 10.3. The fourth-order valence-electron chi connectivity index (χ4n) is 9.13. The molecule has 0 saturated carbocycles. The third-order valence-corrected chi connectivity index (χ3v) is 13.5. The van der Waals surface area contributed by atoms with E-state index in [0.29, 0.717) is 85.5 Å². The van der Waals surface area contributed by atoms with Gasteiger partial charge in [-0.15, -0.1) is 11.3 Å². The predicted molar refractivity (Wildman–Crippen MR) is 235 cm³/mol. The maximum absolute atomic E-state index is 13.0. The van der Waals surface area contributed by atoms with E-state index in [1.165, 1.54) is 15.9 Å². The Balaban J connectivity index is 0.718. The van der Waals surface area contributed by atoms with Gasteiger partial charge in [0, 0.05) is 62.4 Å². The van der Waals surface area contributed by atoms with Gasteiger partial charge in [0.1, 0.15) is 22.8 Å². The van der Waals surface area contributed by atoms with Gasteiger partial charge in [0.15, 0.2) is 0 Å². The van der Waals surface area contributed by atoms with Crippen LogP contribution < -0.4 is 21.6 Å². The van der Waals surface area contributed by atoms with Crippen LogP contribution in [0.25, 0.3) is 22.6 Å². The monoisotopic (exact) mass is 881 g/mol. The summed E-state index contributed by atoms with van der Waals surface area (Å²) in [5.74, 6) is 0.734. The molecule has 2 amide bonds. The molecule has 4 aromatic heterocycles. The smallest absolute Gasteiger partial charge is 0.329 e. The Bertz CT molecular complexity index is 2540. The lowest BCUT2D eigenvalue weighted by molar-refractivity contribution is -0.135. The molecule has 2 aliphatic heterocycles. The van der Waals surface area contributed by atoms with Crippen LogP contribution in [0.4, 0.5) is 10.9 Å². The van der Waals surface area contributed by atoms with E-state index in [4.69, 9.17) is 34.4 Å². The van der Waals surface area contributed by atoms with Gasteiger partial charge in [0.05, 0.1) is 55.0 Å². The summed E-state index contributed by atoms with van der Waals surface area (Å²) in [6.45, 7) is 10.8. The molecule has 0 radical (unpaired) electrons. The second kappa shape index (κ2) is 19.5. The molecule has 2 fully saturated rings. The molecule has 3 atom stereocenters. The topological polar surface area (TPSA) is 222 Å². The quantitative estimate of drug-likeness (QED) is 0.0999. The van der Waals surface area contributed by atoms with E-state index in [1.54, 1.807) is 23.9 Å². The molecule has 63 heavy (non-hydrogen) atoms. The molecule has 1 unspecified atom stereocenters. The highest BCUT2D eigenvalue weighted by molar-refractivity contribution is 7.16. The standard InChI is InChI=1S/C44H55N11O7S/c1-28-27-53(16-6-17-54(28)42-47-15-13-31(48-42)39-50-41(62-51-39)44(2)14-4-8-35-37(44)30(26-45)38(46)63-35)18-20-60-22-24-61-23-21-59-19-5-7-29-9-10-32-34(25-29)52(3)43(58)55(32)33-11-12-36(56)49-40(33)57/h9-10,13,15,25,28,33H,4-8,11-12,14,16-24,27,46H2,1-3H3,(H,49,56,57)/t28-,33?,44-/m0/s1. The van der Waals surface area contributed by atoms with Crippen LogP contribution in [0.15, 0.2) is 39.8 Å². The highest BCUT2D eigenvalue weighted by atomic mass is 32.1. The summed E-state index contributed by atoms with van der Waals surface area (Å²) in [5, 5.41) is 17.1. The number of thiophene rings is 1. The van der Waals surface area contributed by atoms with Crippen molar-refractivity contribution in [2.24, 2.45) is 7.05 Å². The molecule has 8 rings (SSSR count). The number of nitrogens with two attached hydrogens (primary N) is 1. The maximum Gasteiger partial charge on any atom is 0.329 e. The number of imidazole rings is 1. The second-order valence-electron chi connectivity index (χ2n) is 16.7. The number of nitrogens with one attached hydrogen (secondary N) is 1. The van der Waals surface area contributed by atoms with Crippen LogP contribution in [-0.2, 0) is 49.1 Å². The van der Waals surface area contributed by atoms with Gasteiger partial charge < -0.3 is 29.4 Å². The molecule has 2 saturated heterocycles. The highest BCUT2D eigenvalue weighted by Crippen LogP contribution is 2.48. The van der Waals surface area contributed by atoms with E-state index in [9.17, 15) is 19.6 Å². The van der Waals surface area contributed by atoms with Crippen LogP contribution in [0.3, 0.4) is 0 Å². The Morgan fingerprint density at radius 1 is 1.02 bits per heavy atom. The number of benzene rings is 1. The summed E-state index contributed by atoms with van der Waals surface area (Å²) in [6, 6.07) is 9.40. The Hall–Kier alpha value is -5.52. The Labute approximate surface area is 369 Å². The van der Waals surface area contributed by atoms with E-state index in [2.05, 4.69) is 45.2 Å². The number of hydrogen-bond acceptors (Lipinski definition) is 16. The van der Waals surface area contributed by atoms with Crippen LogP contribution >= 0.6 is 11.3 Å². The number of nitrogens with zero attached hydrogens (tertiary/aromatic N) is 9. The molecule has 19 heteroatoms. The van der Waals surface area contributed by atoms with Crippen LogP contribution in [-0.4, -0.2) is 118 Å². The SMILES string of the molecule is C[C@H]1CN(CCOCCOCCOCCCc2ccc3c(c2)n(C)c(=O)n3C2CCC(=O)NC2=O)CCCN1c1nccc(-c2noc([C@@]3(C)CCCc4sc(N)c(C#N)c43)n2)n1. The lowest BCUT2D eigenvalue weighted by Gasteiger charge is -2.30. The highest BCUT2D eigenvalue weighted by Gasteiger charge is 2.43. The van der Waals surface area contributed by atoms with Crippen LogP contribution in [0.5, 0.6) is 0 Å². The average Bonchev–Trinajstić information content (AvgIpc) is 3.93. The number of aromatic nitrogens is 6. The Morgan fingerprint density at radius 2 is 1.81 bits per heavy atom. The number of nitrogen functional groups attached to an aromatic ring is 1. The van der Waals surface area contributed by atoms with E-state index in [1.807, 2.05) is 18.2 Å². The molecule has 1 aromatic carbocycles. The summed E-state index contributed by atoms with van der Waals surface area (Å²) in [6.07, 6.45) is 7.40. The summed E-state index contributed by atoms with van der Waals surface area (Å²) in [5.41, 5.74) is 9.87. The van der Waals surface area contributed by atoms with Gasteiger partial charge >= 0.3 is 5.69 Å². The lowest BCUT2D eigenvalue weighted by atomic mass is 9.72. The normalized spacial score (nSPS) is 20.8. The molecule has 6 heterocycles. The molecule has 1 aliphatic carbocycles. The number of carbonyl (C=O) groups is 2. The van der Waals surface area contributed by atoms with Crippen LogP contribution in [0.2, 0.25) is 0 Å². The first-order chi connectivity index (χ1) is 30.5. The molecule has 0 spiro atoms. The summed E-state index contributed by atoms with van der Waals surface area (Å²) in [7, 11) is 1.70. The van der Waals surface area contributed by atoms with Crippen molar-refractivity contribution in [2.45, 2.75) is 82.7 Å². The molecule has 3 aliphatic rings. The zero-order chi connectivity index (χ0) is 44.1. The van der Waals surface area contributed by atoms with Gasteiger partial charge in [-0.1, -0.05) is 11.2 Å². The number of carbonyl (C=O) groups excluding carboxylic acids is 2. The van der Waals surface area contributed by atoms with Crippen molar-refractivity contribution < 1.29 is 28.3 Å². The zero-order valence-electron chi connectivity index (χ0n) is 36.1. The number of rotatable bonds is 17. The summed E-state index contributed by atoms with van der Waals surface area (Å²) >= 11 is 1.48. The van der Waals surface area contributed by atoms with Crippen molar-refractivity contribution in [1.29, 1.82) is 5.26 Å².